The first-order valence-electron chi connectivity index (χ1n) is 7.58. The Morgan fingerprint density at radius 1 is 1.28 bits per heavy atom. The van der Waals surface area contributed by atoms with Gasteiger partial charge in [-0.05, 0) is 47.1 Å². The number of hydrogen-bond acceptors (Lipinski definition) is 6. The number of benzene rings is 1. The molecule has 0 unspecified atom stereocenters. The zero-order valence-electron chi connectivity index (χ0n) is 14.3. The van der Waals surface area contributed by atoms with E-state index in [1.165, 1.54) is 6.07 Å². The van der Waals surface area contributed by atoms with Crippen molar-refractivity contribution < 1.29 is 19.0 Å². The molecule has 0 aliphatic heterocycles. The van der Waals surface area contributed by atoms with Gasteiger partial charge in [-0.15, -0.1) is 0 Å². The van der Waals surface area contributed by atoms with Crippen LogP contribution in [0.5, 0.6) is 17.4 Å². The topological polar surface area (TPSA) is 95.7 Å². The van der Waals surface area contributed by atoms with Gasteiger partial charge >= 0.3 is 0 Å². The first-order valence-corrected chi connectivity index (χ1v) is 8.37. The zero-order valence-corrected chi connectivity index (χ0v) is 15.8. The number of halogens is 1. The Bertz CT molecular complexity index is 768. The Balaban J connectivity index is 2.18. The number of amides is 1. The van der Waals surface area contributed by atoms with Crippen LogP contribution in [0.1, 0.15) is 23.0 Å². The summed E-state index contributed by atoms with van der Waals surface area (Å²) >= 11 is 3.30. The predicted molar refractivity (Wildman–Crippen MR) is 98.2 cm³/mol. The smallest absolute Gasteiger partial charge is 0.270 e. The third kappa shape index (κ3) is 4.54. The third-order valence-electron chi connectivity index (χ3n) is 3.40. The lowest BCUT2D eigenvalue weighted by Gasteiger charge is -2.12. The van der Waals surface area contributed by atoms with Crippen LogP contribution in [0.2, 0.25) is 0 Å². The Hall–Kier alpha value is -2.48. The fourth-order valence-corrected chi connectivity index (χ4v) is 2.48. The van der Waals surface area contributed by atoms with Crippen molar-refractivity contribution >= 4 is 27.5 Å². The number of methoxy groups -OCH3 is 2. The molecule has 0 bridgehead atoms. The lowest BCUT2D eigenvalue weighted by molar-refractivity contribution is 0.0944. The van der Waals surface area contributed by atoms with E-state index in [1.807, 2.05) is 6.92 Å². The van der Waals surface area contributed by atoms with Crippen LogP contribution >= 0.6 is 15.9 Å². The summed E-state index contributed by atoms with van der Waals surface area (Å²) in [5.74, 6) is 1.24. The van der Waals surface area contributed by atoms with Crippen LogP contribution < -0.4 is 25.3 Å². The van der Waals surface area contributed by atoms with Gasteiger partial charge in [-0.1, -0.05) is 0 Å². The molecule has 8 heteroatoms. The van der Waals surface area contributed by atoms with E-state index in [4.69, 9.17) is 19.9 Å². The van der Waals surface area contributed by atoms with Crippen molar-refractivity contribution in [3.63, 3.8) is 0 Å². The third-order valence-corrected chi connectivity index (χ3v) is 4.19. The highest BCUT2D eigenvalue weighted by atomic mass is 79.9. The lowest BCUT2D eigenvalue weighted by Crippen LogP contribution is -2.24. The second kappa shape index (κ2) is 8.57. The van der Waals surface area contributed by atoms with Gasteiger partial charge in [0.2, 0.25) is 5.88 Å². The van der Waals surface area contributed by atoms with Crippen LogP contribution in [0.25, 0.3) is 0 Å². The minimum absolute atomic E-state index is 0.172. The summed E-state index contributed by atoms with van der Waals surface area (Å²) in [7, 11) is 3.15. The molecule has 7 nitrogen and oxygen atoms in total. The van der Waals surface area contributed by atoms with Crippen molar-refractivity contribution in [2.24, 2.45) is 0 Å². The second-order valence-electron chi connectivity index (χ2n) is 5.01. The number of pyridine rings is 1. The number of anilines is 1. The maximum atomic E-state index is 12.4. The van der Waals surface area contributed by atoms with Crippen LogP contribution in [-0.4, -0.2) is 31.7 Å². The molecule has 0 radical (unpaired) electrons. The molecule has 1 amide bonds. The maximum Gasteiger partial charge on any atom is 0.270 e. The zero-order chi connectivity index (χ0) is 18.4. The number of carbonyl (C=O) groups is 1. The van der Waals surface area contributed by atoms with E-state index in [2.05, 4.69) is 26.2 Å². The molecule has 25 heavy (non-hydrogen) atoms. The summed E-state index contributed by atoms with van der Waals surface area (Å²) in [6, 6.07) is 6.86. The maximum absolute atomic E-state index is 12.4. The fraction of sp³-hybridized carbons (Fsp3) is 0.294. The highest BCUT2D eigenvalue weighted by Crippen LogP contribution is 2.29. The average molecular weight is 410 g/mol. The van der Waals surface area contributed by atoms with Gasteiger partial charge in [-0.25, -0.2) is 4.98 Å². The summed E-state index contributed by atoms with van der Waals surface area (Å²) < 4.78 is 16.4. The van der Waals surface area contributed by atoms with Crippen molar-refractivity contribution in [2.45, 2.75) is 13.5 Å². The van der Waals surface area contributed by atoms with Crippen LogP contribution in [-0.2, 0) is 6.54 Å². The second-order valence-corrected chi connectivity index (χ2v) is 5.80. The van der Waals surface area contributed by atoms with E-state index in [0.717, 1.165) is 5.56 Å². The number of nitrogens with two attached hydrogens (primary N) is 1. The first kappa shape index (κ1) is 18.9. The average Bonchev–Trinajstić information content (AvgIpc) is 2.63. The van der Waals surface area contributed by atoms with E-state index >= 15 is 0 Å². The minimum atomic E-state index is -0.370. The van der Waals surface area contributed by atoms with Gasteiger partial charge in [0.25, 0.3) is 5.91 Å². The van der Waals surface area contributed by atoms with Gasteiger partial charge in [0, 0.05) is 12.1 Å². The molecular formula is C17H20BrN3O4. The van der Waals surface area contributed by atoms with Crippen molar-refractivity contribution in [2.75, 3.05) is 26.6 Å². The van der Waals surface area contributed by atoms with E-state index in [1.54, 1.807) is 32.4 Å². The molecule has 134 valence electrons. The molecule has 0 atom stereocenters. The van der Waals surface area contributed by atoms with Crippen LogP contribution in [0, 0.1) is 0 Å². The molecule has 2 rings (SSSR count). The largest absolute Gasteiger partial charge is 0.497 e. The molecule has 0 aliphatic rings. The van der Waals surface area contributed by atoms with Crippen molar-refractivity contribution in [1.82, 2.24) is 10.3 Å². The van der Waals surface area contributed by atoms with Gasteiger partial charge in [-0.3, -0.25) is 4.79 Å². The van der Waals surface area contributed by atoms with Gasteiger partial charge < -0.3 is 25.3 Å². The molecule has 0 aliphatic carbocycles. The molecule has 0 fully saturated rings. The number of nitrogen functional groups attached to an aromatic ring is 1. The Morgan fingerprint density at radius 3 is 2.68 bits per heavy atom. The highest BCUT2D eigenvalue weighted by Gasteiger charge is 2.15. The molecule has 0 spiro atoms. The van der Waals surface area contributed by atoms with Crippen LogP contribution in [0.15, 0.2) is 28.7 Å². The Labute approximate surface area is 154 Å². The molecule has 3 N–H and O–H groups in total. The summed E-state index contributed by atoms with van der Waals surface area (Å²) in [4.78, 5) is 16.6. The number of hydrogen-bond donors (Lipinski definition) is 2. The van der Waals surface area contributed by atoms with E-state index in [0.29, 0.717) is 28.3 Å². The number of ether oxygens (including phenoxy) is 3. The first-order chi connectivity index (χ1) is 12.0. The summed E-state index contributed by atoms with van der Waals surface area (Å²) in [5, 5.41) is 2.79. The van der Waals surface area contributed by atoms with E-state index < -0.39 is 0 Å². The fourth-order valence-electron chi connectivity index (χ4n) is 2.16. The number of nitrogens with zero attached hydrogens (tertiary/aromatic N) is 1. The van der Waals surface area contributed by atoms with Gasteiger partial charge in [-0.2, -0.15) is 0 Å². The lowest BCUT2D eigenvalue weighted by atomic mass is 10.2. The van der Waals surface area contributed by atoms with Gasteiger partial charge in [0.05, 0.1) is 26.5 Å². The molecule has 1 heterocycles. The predicted octanol–water partition coefficient (Wildman–Crippen LogP) is 2.77. The standard InChI is InChI=1S/C17H20BrN3O4/c1-4-25-17-15(18)12(19)8-13(21-17)16(22)20-9-10-7-11(23-2)5-6-14(10)24-3/h5-8H,4,9H2,1-3H3,(H2,19,21)(H,20,22). The van der Waals surface area contributed by atoms with Crippen molar-refractivity contribution in [3.8, 4) is 17.4 Å². The van der Waals surface area contributed by atoms with E-state index in [-0.39, 0.29) is 24.0 Å². The quantitative estimate of drug-likeness (QED) is 0.729. The minimum Gasteiger partial charge on any atom is -0.497 e. The van der Waals surface area contributed by atoms with E-state index in [9.17, 15) is 4.79 Å². The van der Waals surface area contributed by atoms with Crippen LogP contribution in [0.4, 0.5) is 5.69 Å². The number of nitrogens with one attached hydrogen (secondary N) is 1. The number of aromatic nitrogens is 1. The molecule has 0 saturated carbocycles. The molecule has 1 aromatic heterocycles. The Kier molecular flexibility index (Phi) is 6.46. The Morgan fingerprint density at radius 2 is 2.04 bits per heavy atom. The summed E-state index contributed by atoms with van der Waals surface area (Å²) in [6.45, 7) is 2.49. The highest BCUT2D eigenvalue weighted by molar-refractivity contribution is 9.10. The normalized spacial score (nSPS) is 10.2. The van der Waals surface area contributed by atoms with Crippen LogP contribution in [0.3, 0.4) is 0 Å². The van der Waals surface area contributed by atoms with Crippen molar-refractivity contribution in [3.05, 3.63) is 40.0 Å². The monoisotopic (exact) mass is 409 g/mol. The number of rotatable bonds is 7. The SMILES string of the molecule is CCOc1nc(C(=O)NCc2cc(OC)ccc2OC)cc(N)c1Br. The molecule has 0 saturated heterocycles. The molecule has 1 aromatic carbocycles. The summed E-state index contributed by atoms with van der Waals surface area (Å²) in [6.07, 6.45) is 0. The van der Waals surface area contributed by atoms with Gasteiger partial charge in [0.15, 0.2) is 0 Å². The number of carbonyl (C=O) groups excluding carboxylic acids is 1. The summed E-state index contributed by atoms with van der Waals surface area (Å²) in [5.41, 5.74) is 7.23. The van der Waals surface area contributed by atoms with Gasteiger partial charge in [0.1, 0.15) is 21.7 Å². The molecule has 2 aromatic rings. The van der Waals surface area contributed by atoms with Crippen molar-refractivity contribution in [1.29, 1.82) is 0 Å². The molecular weight excluding hydrogens is 390 g/mol.